The molecule has 0 aromatic heterocycles. The monoisotopic (exact) mass is 494 g/mol. The van der Waals surface area contributed by atoms with Gasteiger partial charge in [0.2, 0.25) is 15.9 Å². The first-order valence-electron chi connectivity index (χ1n) is 10.2. The SMILES string of the molecule is Cc1cccc(C)c1NC(=O)CN(Cc1ccc(F)cc1)S(=O)(=O)c1cccc(C(F)(F)F)c1. The molecule has 180 valence electrons. The summed E-state index contributed by atoms with van der Waals surface area (Å²) >= 11 is 0. The molecule has 1 N–H and O–H groups in total. The Balaban J connectivity index is 1.96. The molecule has 3 aromatic carbocycles. The van der Waals surface area contributed by atoms with Gasteiger partial charge in [-0.05, 0) is 60.9 Å². The van der Waals surface area contributed by atoms with Gasteiger partial charge in [0.1, 0.15) is 5.82 Å². The van der Waals surface area contributed by atoms with Gasteiger partial charge in [0.15, 0.2) is 0 Å². The zero-order chi connectivity index (χ0) is 25.1. The molecule has 0 spiro atoms. The summed E-state index contributed by atoms with van der Waals surface area (Å²) in [4.78, 5) is 12.2. The van der Waals surface area contributed by atoms with Gasteiger partial charge >= 0.3 is 6.18 Å². The van der Waals surface area contributed by atoms with Crippen molar-refractivity contribution in [2.45, 2.75) is 31.5 Å². The number of rotatable bonds is 7. The number of nitrogens with zero attached hydrogens (tertiary/aromatic N) is 1. The van der Waals surface area contributed by atoms with Crippen molar-refractivity contribution >= 4 is 21.6 Å². The van der Waals surface area contributed by atoms with Crippen LogP contribution in [0.15, 0.2) is 71.6 Å². The molecule has 3 aromatic rings. The van der Waals surface area contributed by atoms with E-state index in [1.54, 1.807) is 32.0 Å². The molecule has 34 heavy (non-hydrogen) atoms. The third-order valence-electron chi connectivity index (χ3n) is 5.14. The topological polar surface area (TPSA) is 66.5 Å². The zero-order valence-electron chi connectivity index (χ0n) is 18.4. The quantitative estimate of drug-likeness (QED) is 0.454. The van der Waals surface area contributed by atoms with E-state index < -0.39 is 44.9 Å². The molecule has 0 radical (unpaired) electrons. The van der Waals surface area contributed by atoms with Crippen LogP contribution in [0.4, 0.5) is 23.2 Å². The number of aryl methyl sites for hydroxylation is 2. The molecule has 0 aliphatic heterocycles. The number of alkyl halides is 3. The van der Waals surface area contributed by atoms with Crippen LogP contribution in [0.2, 0.25) is 0 Å². The summed E-state index contributed by atoms with van der Waals surface area (Å²) in [6.07, 6.45) is -4.74. The summed E-state index contributed by atoms with van der Waals surface area (Å²) in [7, 11) is -4.52. The van der Waals surface area contributed by atoms with E-state index in [4.69, 9.17) is 0 Å². The number of para-hydroxylation sites is 1. The first kappa shape index (κ1) is 25.4. The Morgan fingerprint density at radius 2 is 1.53 bits per heavy atom. The number of amides is 1. The average molecular weight is 495 g/mol. The lowest BCUT2D eigenvalue weighted by atomic mass is 10.1. The van der Waals surface area contributed by atoms with Gasteiger partial charge in [-0.2, -0.15) is 17.5 Å². The van der Waals surface area contributed by atoms with Crippen molar-refractivity contribution in [1.29, 1.82) is 0 Å². The summed E-state index contributed by atoms with van der Waals surface area (Å²) in [6, 6.07) is 13.6. The van der Waals surface area contributed by atoms with Crippen molar-refractivity contribution in [3.8, 4) is 0 Å². The Bertz CT molecular complexity index is 1270. The standard InChI is InChI=1S/C24H22F4N2O3S/c1-16-5-3-6-17(2)23(16)29-22(31)15-30(14-18-9-11-20(25)12-10-18)34(32,33)21-8-4-7-19(13-21)24(26,27)28/h3-13H,14-15H2,1-2H3,(H,29,31). The molecular weight excluding hydrogens is 472 g/mol. The van der Waals surface area contributed by atoms with Crippen LogP contribution < -0.4 is 5.32 Å². The molecule has 0 saturated heterocycles. The van der Waals surface area contributed by atoms with Gasteiger partial charge in [-0.25, -0.2) is 12.8 Å². The summed E-state index contributed by atoms with van der Waals surface area (Å²) in [5, 5.41) is 2.68. The lowest BCUT2D eigenvalue weighted by Gasteiger charge is -2.23. The van der Waals surface area contributed by atoms with Crippen LogP contribution in [0.5, 0.6) is 0 Å². The van der Waals surface area contributed by atoms with Gasteiger partial charge in [0.25, 0.3) is 0 Å². The highest BCUT2D eigenvalue weighted by Crippen LogP contribution is 2.31. The Morgan fingerprint density at radius 1 is 0.941 bits per heavy atom. The van der Waals surface area contributed by atoms with E-state index >= 15 is 0 Å². The third-order valence-corrected chi connectivity index (χ3v) is 6.92. The second-order valence-electron chi connectivity index (χ2n) is 7.74. The fourth-order valence-electron chi connectivity index (χ4n) is 3.35. The molecule has 0 atom stereocenters. The molecule has 10 heteroatoms. The Hall–Kier alpha value is -3.24. The van der Waals surface area contributed by atoms with Gasteiger partial charge < -0.3 is 5.32 Å². The van der Waals surface area contributed by atoms with Crippen molar-refractivity contribution in [3.63, 3.8) is 0 Å². The molecule has 5 nitrogen and oxygen atoms in total. The number of anilines is 1. The molecule has 0 bridgehead atoms. The van der Waals surface area contributed by atoms with Crippen molar-refractivity contribution in [2.75, 3.05) is 11.9 Å². The smallest absolute Gasteiger partial charge is 0.324 e. The second-order valence-corrected chi connectivity index (χ2v) is 9.68. The predicted molar refractivity (Wildman–Crippen MR) is 120 cm³/mol. The number of carbonyl (C=O) groups excluding carboxylic acids is 1. The molecule has 0 fully saturated rings. The highest BCUT2D eigenvalue weighted by atomic mass is 32.2. The first-order chi connectivity index (χ1) is 15.9. The van der Waals surface area contributed by atoms with Crippen LogP contribution in [0, 0.1) is 19.7 Å². The van der Waals surface area contributed by atoms with E-state index in [2.05, 4.69) is 5.32 Å². The number of benzene rings is 3. The fraction of sp³-hybridized carbons (Fsp3) is 0.208. The fourth-order valence-corrected chi connectivity index (χ4v) is 4.78. The summed E-state index contributed by atoms with van der Waals surface area (Å²) in [5.74, 6) is -1.21. The van der Waals surface area contributed by atoms with Gasteiger partial charge in [0, 0.05) is 12.2 Å². The van der Waals surface area contributed by atoms with E-state index in [9.17, 15) is 30.8 Å². The van der Waals surface area contributed by atoms with Crippen LogP contribution in [0.3, 0.4) is 0 Å². The van der Waals surface area contributed by atoms with Crippen molar-refractivity contribution in [2.24, 2.45) is 0 Å². The number of sulfonamides is 1. The minimum atomic E-state index is -4.74. The summed E-state index contributed by atoms with van der Waals surface area (Å²) in [5.41, 5.74) is 1.27. The largest absolute Gasteiger partial charge is 0.416 e. The van der Waals surface area contributed by atoms with Crippen LogP contribution in [-0.2, 0) is 27.5 Å². The van der Waals surface area contributed by atoms with Crippen LogP contribution in [-0.4, -0.2) is 25.2 Å². The zero-order valence-corrected chi connectivity index (χ0v) is 19.2. The highest BCUT2D eigenvalue weighted by molar-refractivity contribution is 7.89. The lowest BCUT2D eigenvalue weighted by Crippen LogP contribution is -2.37. The van der Waals surface area contributed by atoms with Crippen LogP contribution in [0.25, 0.3) is 0 Å². The van der Waals surface area contributed by atoms with Crippen molar-refractivity contribution in [1.82, 2.24) is 4.31 Å². The number of halogens is 4. The molecule has 0 aliphatic rings. The van der Waals surface area contributed by atoms with Gasteiger partial charge in [-0.1, -0.05) is 36.4 Å². The van der Waals surface area contributed by atoms with E-state index in [0.29, 0.717) is 17.3 Å². The molecule has 0 aliphatic carbocycles. The van der Waals surface area contributed by atoms with Crippen LogP contribution in [0.1, 0.15) is 22.3 Å². The molecule has 0 saturated carbocycles. The minimum absolute atomic E-state index is 0.348. The average Bonchev–Trinajstić information content (AvgIpc) is 2.77. The Morgan fingerprint density at radius 3 is 2.12 bits per heavy atom. The number of carbonyl (C=O) groups is 1. The molecular formula is C24H22F4N2O3S. The van der Waals surface area contributed by atoms with Gasteiger partial charge in [-0.3, -0.25) is 4.79 Å². The van der Waals surface area contributed by atoms with Crippen molar-refractivity contribution in [3.05, 3.63) is 94.8 Å². The number of nitrogens with one attached hydrogen (secondary N) is 1. The van der Waals surface area contributed by atoms with E-state index in [1.807, 2.05) is 0 Å². The summed E-state index contributed by atoms with van der Waals surface area (Å²) < 4.78 is 80.2. The maximum absolute atomic E-state index is 13.3. The predicted octanol–water partition coefficient (Wildman–Crippen LogP) is 5.29. The van der Waals surface area contributed by atoms with Gasteiger partial charge in [-0.15, -0.1) is 0 Å². The Labute approximate surface area is 195 Å². The van der Waals surface area contributed by atoms with Crippen molar-refractivity contribution < 1.29 is 30.8 Å². The third kappa shape index (κ3) is 6.00. The van der Waals surface area contributed by atoms with E-state index in [1.165, 1.54) is 12.1 Å². The van der Waals surface area contributed by atoms with E-state index in [0.717, 1.165) is 45.8 Å². The maximum atomic E-state index is 13.3. The second kappa shape index (κ2) is 9.94. The lowest BCUT2D eigenvalue weighted by molar-refractivity contribution is -0.137. The minimum Gasteiger partial charge on any atom is -0.324 e. The Kier molecular flexibility index (Phi) is 7.42. The van der Waals surface area contributed by atoms with Crippen LogP contribution >= 0.6 is 0 Å². The molecule has 0 heterocycles. The highest BCUT2D eigenvalue weighted by Gasteiger charge is 2.33. The number of hydrogen-bond acceptors (Lipinski definition) is 3. The first-order valence-corrected chi connectivity index (χ1v) is 11.6. The molecule has 1 amide bonds. The van der Waals surface area contributed by atoms with Gasteiger partial charge in [0.05, 0.1) is 17.0 Å². The molecule has 3 rings (SSSR count). The van der Waals surface area contributed by atoms with E-state index in [-0.39, 0.29) is 6.54 Å². The maximum Gasteiger partial charge on any atom is 0.416 e. The normalized spacial score (nSPS) is 12.1. The summed E-state index contributed by atoms with van der Waals surface area (Å²) in [6.45, 7) is 2.54. The number of hydrogen-bond donors (Lipinski definition) is 1. The molecule has 0 unspecified atom stereocenters.